The number of hydrogen-bond donors (Lipinski definition) is 2. The van der Waals surface area contributed by atoms with Gasteiger partial charge in [-0.3, -0.25) is 4.79 Å². The van der Waals surface area contributed by atoms with Crippen molar-refractivity contribution in [3.8, 4) is 11.3 Å². The molecule has 5 nitrogen and oxygen atoms in total. The highest BCUT2D eigenvalue weighted by Crippen LogP contribution is 2.35. The lowest BCUT2D eigenvalue weighted by atomic mass is 10.1. The van der Waals surface area contributed by atoms with Crippen LogP contribution < -0.4 is 11.6 Å². The molecule has 116 valence electrons. The molecule has 0 saturated carbocycles. The van der Waals surface area contributed by atoms with Gasteiger partial charge in [0.1, 0.15) is 5.25 Å². The Balaban J connectivity index is 1.90. The van der Waals surface area contributed by atoms with Gasteiger partial charge in [-0.2, -0.15) is 0 Å². The van der Waals surface area contributed by atoms with Crippen molar-refractivity contribution in [1.29, 1.82) is 0 Å². The van der Waals surface area contributed by atoms with E-state index in [1.165, 1.54) is 16.4 Å². The Hall–Kier alpha value is -2.73. The number of benzene rings is 2. The van der Waals surface area contributed by atoms with Crippen LogP contribution >= 0.6 is 11.8 Å². The van der Waals surface area contributed by atoms with E-state index in [9.17, 15) is 4.79 Å². The van der Waals surface area contributed by atoms with Gasteiger partial charge in [-0.05, 0) is 5.56 Å². The molecular weight excluding hydrogens is 308 g/mol. The highest BCUT2D eigenvalue weighted by Gasteiger charge is 2.22. The third-order valence-corrected chi connectivity index (χ3v) is 4.60. The number of hydrogen-bond acceptors (Lipinski definition) is 4. The first kappa shape index (κ1) is 15.2. The zero-order valence-electron chi connectivity index (χ0n) is 12.3. The number of amides is 1. The molecule has 0 saturated heterocycles. The molecule has 0 radical (unpaired) electrons. The number of nitrogen functional groups attached to an aromatic ring is 1. The summed E-state index contributed by atoms with van der Waals surface area (Å²) in [6.45, 7) is 0. The lowest BCUT2D eigenvalue weighted by Gasteiger charge is -2.12. The van der Waals surface area contributed by atoms with Gasteiger partial charge in [-0.15, -0.1) is 0 Å². The minimum absolute atomic E-state index is 0.425. The maximum atomic E-state index is 11.8. The van der Waals surface area contributed by atoms with E-state index in [4.69, 9.17) is 11.6 Å². The fraction of sp³-hybridized carbons (Fsp3) is 0.0588. The van der Waals surface area contributed by atoms with Crippen LogP contribution in [0.4, 0.5) is 0 Å². The Bertz CT molecular complexity index is 802. The Kier molecular flexibility index (Phi) is 4.34. The minimum Gasteiger partial charge on any atom is -0.368 e. The number of carbonyl (C=O) groups excluding carboxylic acids is 1. The molecule has 0 spiro atoms. The molecule has 0 aliphatic rings. The Morgan fingerprint density at radius 3 is 2.26 bits per heavy atom. The third kappa shape index (κ3) is 3.37. The second-order valence-electron chi connectivity index (χ2n) is 4.99. The van der Waals surface area contributed by atoms with E-state index in [1.54, 1.807) is 6.20 Å². The molecule has 3 rings (SSSR count). The van der Waals surface area contributed by atoms with E-state index in [-0.39, 0.29) is 0 Å². The standard InChI is InChI=1S/C17H16N4OS/c18-16(22)15(13-9-5-2-6-10-13)23-17-20-14(11-21(17)19)12-7-3-1-4-8-12/h1-11,15H,19H2,(H2,18,22). The van der Waals surface area contributed by atoms with Crippen molar-refractivity contribution in [3.63, 3.8) is 0 Å². The van der Waals surface area contributed by atoms with E-state index in [0.717, 1.165) is 16.8 Å². The Labute approximate surface area is 138 Å². The van der Waals surface area contributed by atoms with Gasteiger partial charge < -0.3 is 11.6 Å². The molecule has 1 heterocycles. The molecule has 1 atom stereocenters. The van der Waals surface area contributed by atoms with Crippen molar-refractivity contribution >= 4 is 17.7 Å². The van der Waals surface area contributed by atoms with E-state index in [0.29, 0.717) is 5.16 Å². The van der Waals surface area contributed by atoms with E-state index < -0.39 is 11.2 Å². The van der Waals surface area contributed by atoms with Gasteiger partial charge in [0.05, 0.1) is 11.9 Å². The van der Waals surface area contributed by atoms with Gasteiger partial charge in [-0.1, -0.05) is 72.4 Å². The zero-order chi connectivity index (χ0) is 16.2. The van der Waals surface area contributed by atoms with Crippen LogP contribution in [0.5, 0.6) is 0 Å². The molecule has 0 aliphatic carbocycles. The van der Waals surface area contributed by atoms with Gasteiger partial charge >= 0.3 is 0 Å². The fourth-order valence-electron chi connectivity index (χ4n) is 2.24. The topological polar surface area (TPSA) is 86.9 Å². The highest BCUT2D eigenvalue weighted by atomic mass is 32.2. The lowest BCUT2D eigenvalue weighted by molar-refractivity contribution is -0.117. The number of aromatic nitrogens is 2. The Morgan fingerprint density at radius 1 is 1.04 bits per heavy atom. The van der Waals surface area contributed by atoms with Gasteiger partial charge in [0.15, 0.2) is 5.16 Å². The molecule has 3 aromatic rings. The predicted molar refractivity (Wildman–Crippen MR) is 92.0 cm³/mol. The fourth-order valence-corrected chi connectivity index (χ4v) is 3.18. The monoisotopic (exact) mass is 324 g/mol. The highest BCUT2D eigenvalue weighted by molar-refractivity contribution is 8.00. The second-order valence-corrected chi connectivity index (χ2v) is 6.07. The van der Waals surface area contributed by atoms with Crippen molar-refractivity contribution in [2.75, 3.05) is 5.84 Å². The molecule has 1 unspecified atom stereocenters. The molecule has 6 heteroatoms. The summed E-state index contributed by atoms with van der Waals surface area (Å²) in [6, 6.07) is 19.1. The summed E-state index contributed by atoms with van der Waals surface area (Å²) in [7, 11) is 0. The van der Waals surface area contributed by atoms with Crippen molar-refractivity contribution in [2.24, 2.45) is 5.73 Å². The van der Waals surface area contributed by atoms with Crippen LogP contribution in [0.3, 0.4) is 0 Å². The van der Waals surface area contributed by atoms with Gasteiger partial charge in [0.25, 0.3) is 0 Å². The van der Waals surface area contributed by atoms with Crippen molar-refractivity contribution in [3.05, 3.63) is 72.4 Å². The first-order valence-corrected chi connectivity index (χ1v) is 7.94. The normalized spacial score (nSPS) is 12.0. The quantitative estimate of drug-likeness (QED) is 0.558. The van der Waals surface area contributed by atoms with Crippen LogP contribution in [0.25, 0.3) is 11.3 Å². The molecule has 0 fully saturated rings. The van der Waals surface area contributed by atoms with Crippen molar-refractivity contribution < 1.29 is 4.79 Å². The van der Waals surface area contributed by atoms with Gasteiger partial charge in [0, 0.05) is 5.56 Å². The summed E-state index contributed by atoms with van der Waals surface area (Å²) in [5.41, 5.74) is 8.10. The number of primary amides is 1. The van der Waals surface area contributed by atoms with E-state index in [2.05, 4.69) is 4.98 Å². The summed E-state index contributed by atoms with van der Waals surface area (Å²) >= 11 is 1.24. The van der Waals surface area contributed by atoms with Crippen LogP contribution in [-0.2, 0) is 4.79 Å². The largest absolute Gasteiger partial charge is 0.368 e. The predicted octanol–water partition coefficient (Wildman–Crippen LogP) is 2.58. The molecule has 0 bridgehead atoms. The zero-order valence-corrected chi connectivity index (χ0v) is 13.1. The number of nitrogens with two attached hydrogens (primary N) is 2. The van der Waals surface area contributed by atoms with Crippen LogP contribution in [0, 0.1) is 0 Å². The van der Waals surface area contributed by atoms with Crippen molar-refractivity contribution in [2.45, 2.75) is 10.4 Å². The van der Waals surface area contributed by atoms with E-state index in [1.807, 2.05) is 60.7 Å². The third-order valence-electron chi connectivity index (χ3n) is 3.35. The summed E-state index contributed by atoms with van der Waals surface area (Å²) in [6.07, 6.45) is 1.74. The Morgan fingerprint density at radius 2 is 1.65 bits per heavy atom. The number of imidazole rings is 1. The van der Waals surface area contributed by atoms with Crippen LogP contribution in [0.2, 0.25) is 0 Å². The van der Waals surface area contributed by atoms with Crippen LogP contribution in [0.15, 0.2) is 72.0 Å². The maximum absolute atomic E-state index is 11.8. The lowest BCUT2D eigenvalue weighted by Crippen LogP contribution is -2.20. The number of rotatable bonds is 5. The minimum atomic E-state index is -0.537. The molecule has 0 aliphatic heterocycles. The number of nitrogens with zero attached hydrogens (tertiary/aromatic N) is 2. The van der Waals surface area contributed by atoms with Crippen molar-refractivity contribution in [1.82, 2.24) is 9.66 Å². The smallest absolute Gasteiger partial charge is 0.235 e. The molecule has 23 heavy (non-hydrogen) atoms. The molecule has 4 N–H and O–H groups in total. The summed E-state index contributed by atoms with van der Waals surface area (Å²) in [5.74, 6) is 5.56. The number of carbonyl (C=O) groups is 1. The number of thioether (sulfide) groups is 1. The molecule has 2 aromatic carbocycles. The summed E-state index contributed by atoms with van der Waals surface area (Å²) in [5, 5.41) is 0.000953. The second kappa shape index (κ2) is 6.58. The average molecular weight is 324 g/mol. The van der Waals surface area contributed by atoms with E-state index >= 15 is 0 Å². The van der Waals surface area contributed by atoms with Gasteiger partial charge in [-0.25, -0.2) is 9.66 Å². The molecular formula is C17H16N4OS. The summed E-state index contributed by atoms with van der Waals surface area (Å²) < 4.78 is 1.42. The first-order chi connectivity index (χ1) is 11.1. The molecule has 1 amide bonds. The average Bonchev–Trinajstić information content (AvgIpc) is 2.95. The van der Waals surface area contributed by atoms with Crippen LogP contribution in [0.1, 0.15) is 10.8 Å². The SMILES string of the molecule is NC(=O)C(Sc1nc(-c2ccccc2)cn1N)c1ccccc1. The maximum Gasteiger partial charge on any atom is 0.235 e. The summed E-state index contributed by atoms with van der Waals surface area (Å²) in [4.78, 5) is 16.3. The van der Waals surface area contributed by atoms with Crippen LogP contribution in [-0.4, -0.2) is 15.6 Å². The molecule has 1 aromatic heterocycles. The van der Waals surface area contributed by atoms with Gasteiger partial charge in [0.2, 0.25) is 5.91 Å². The first-order valence-electron chi connectivity index (χ1n) is 7.06.